The summed E-state index contributed by atoms with van der Waals surface area (Å²) in [5, 5.41) is 2.51. The van der Waals surface area contributed by atoms with Gasteiger partial charge in [0.2, 0.25) is 0 Å². The predicted octanol–water partition coefficient (Wildman–Crippen LogP) is 6.06. The maximum atomic E-state index is 7.35. The molecule has 0 radical (unpaired) electrons. The number of aromatic amines is 2. The first kappa shape index (κ1) is 21.1. The first-order chi connectivity index (χ1) is 16.7. The van der Waals surface area contributed by atoms with Gasteiger partial charge in [-0.3, -0.25) is 4.90 Å². The van der Waals surface area contributed by atoms with E-state index in [1.807, 2.05) is 18.3 Å². The number of aromatic nitrogens is 2. The summed E-state index contributed by atoms with van der Waals surface area (Å²) in [6.07, 6.45) is 9.14. The standard InChI is InChI=1S/C28H31N5O/c1-29-20-5-8-26-24(15-20)25(18-31-26)19-3-6-21(7-4-19)32-11-13-33(14-12-32)28-17-22(34-2)16-27-23(28)9-10-30-27/h5,8-10,15-19,21,30-31H,3-4,6-7,11-14H2,2H3. The third kappa shape index (κ3) is 3.70. The Hall–Kier alpha value is -3.43. The third-order valence-electron chi connectivity index (χ3n) is 7.99. The van der Waals surface area contributed by atoms with Crippen molar-refractivity contribution in [3.05, 3.63) is 65.8 Å². The Labute approximate surface area is 200 Å². The van der Waals surface area contributed by atoms with E-state index in [9.17, 15) is 0 Å². The van der Waals surface area contributed by atoms with Crippen LogP contribution in [0.5, 0.6) is 5.75 Å². The van der Waals surface area contributed by atoms with Crippen molar-refractivity contribution < 1.29 is 4.74 Å². The summed E-state index contributed by atoms with van der Waals surface area (Å²) < 4.78 is 5.55. The molecule has 1 aliphatic heterocycles. The average Bonchev–Trinajstić information content (AvgIpc) is 3.55. The monoisotopic (exact) mass is 453 g/mol. The fourth-order valence-electron chi connectivity index (χ4n) is 6.12. The highest BCUT2D eigenvalue weighted by Crippen LogP contribution is 2.39. The van der Waals surface area contributed by atoms with Gasteiger partial charge >= 0.3 is 0 Å². The molecule has 34 heavy (non-hydrogen) atoms. The van der Waals surface area contributed by atoms with Crippen molar-refractivity contribution in [1.29, 1.82) is 0 Å². The molecule has 6 rings (SSSR count). The van der Waals surface area contributed by atoms with Crippen molar-refractivity contribution >= 4 is 33.2 Å². The number of hydrogen-bond acceptors (Lipinski definition) is 3. The summed E-state index contributed by atoms with van der Waals surface area (Å²) in [4.78, 5) is 15.6. The fourth-order valence-corrected chi connectivity index (χ4v) is 6.12. The predicted molar refractivity (Wildman–Crippen MR) is 138 cm³/mol. The quantitative estimate of drug-likeness (QED) is 0.370. The maximum Gasteiger partial charge on any atom is 0.187 e. The first-order valence-corrected chi connectivity index (χ1v) is 12.4. The number of fused-ring (bicyclic) bond motifs is 2. The van der Waals surface area contributed by atoms with Gasteiger partial charge in [0.25, 0.3) is 0 Å². The second-order valence-electron chi connectivity index (χ2n) is 9.70. The number of H-pyrrole nitrogens is 2. The first-order valence-electron chi connectivity index (χ1n) is 12.4. The summed E-state index contributed by atoms with van der Waals surface area (Å²) >= 11 is 0. The molecule has 1 saturated carbocycles. The highest BCUT2D eigenvalue weighted by atomic mass is 16.5. The highest BCUT2D eigenvalue weighted by molar-refractivity contribution is 5.94. The van der Waals surface area contributed by atoms with Gasteiger partial charge in [-0.1, -0.05) is 6.07 Å². The minimum atomic E-state index is 0.589. The lowest BCUT2D eigenvalue weighted by atomic mass is 9.81. The number of piperazine rings is 1. The number of anilines is 1. The van der Waals surface area contributed by atoms with Gasteiger partial charge in [0.1, 0.15) is 5.75 Å². The minimum Gasteiger partial charge on any atom is -0.497 e. The molecule has 4 aromatic rings. The van der Waals surface area contributed by atoms with Crippen molar-refractivity contribution in [2.45, 2.75) is 37.6 Å². The molecule has 2 aromatic heterocycles. The Morgan fingerprint density at radius 1 is 0.912 bits per heavy atom. The summed E-state index contributed by atoms with van der Waals surface area (Å²) in [5.74, 6) is 1.50. The molecule has 0 bridgehead atoms. The van der Waals surface area contributed by atoms with Crippen LogP contribution in [0.25, 0.3) is 26.7 Å². The van der Waals surface area contributed by atoms with Gasteiger partial charge < -0.3 is 19.6 Å². The highest BCUT2D eigenvalue weighted by Gasteiger charge is 2.30. The van der Waals surface area contributed by atoms with E-state index in [1.165, 1.54) is 47.7 Å². The smallest absolute Gasteiger partial charge is 0.187 e. The minimum absolute atomic E-state index is 0.589. The molecular formula is C28H31N5O. The molecule has 174 valence electrons. The normalized spacial score (nSPS) is 21.7. The van der Waals surface area contributed by atoms with Crippen LogP contribution in [-0.2, 0) is 0 Å². The number of nitrogens with zero attached hydrogens (tertiary/aromatic N) is 3. The SMILES string of the molecule is [C-]#[N+]c1ccc2[nH]cc(C3CCC(N4CCN(c5cc(OC)cc6[nH]ccc56)CC4)CC3)c2c1. The molecule has 0 spiro atoms. The van der Waals surface area contributed by atoms with Crippen molar-refractivity contribution in [2.75, 3.05) is 38.2 Å². The zero-order valence-electron chi connectivity index (χ0n) is 19.7. The van der Waals surface area contributed by atoms with Gasteiger partial charge in [-0.15, -0.1) is 0 Å². The topological polar surface area (TPSA) is 51.6 Å². The molecule has 6 nitrogen and oxygen atoms in total. The number of benzene rings is 2. The number of nitrogens with one attached hydrogen (secondary N) is 2. The number of rotatable bonds is 4. The van der Waals surface area contributed by atoms with Crippen LogP contribution in [0.3, 0.4) is 0 Å². The third-order valence-corrected chi connectivity index (χ3v) is 7.99. The van der Waals surface area contributed by atoms with Crippen molar-refractivity contribution in [2.24, 2.45) is 0 Å². The van der Waals surface area contributed by atoms with E-state index < -0.39 is 0 Å². The van der Waals surface area contributed by atoms with E-state index >= 15 is 0 Å². The van der Waals surface area contributed by atoms with Crippen LogP contribution in [0.4, 0.5) is 11.4 Å². The zero-order chi connectivity index (χ0) is 23.1. The second-order valence-corrected chi connectivity index (χ2v) is 9.70. The lowest BCUT2D eigenvalue weighted by Crippen LogP contribution is -2.51. The molecule has 2 aromatic carbocycles. The summed E-state index contributed by atoms with van der Waals surface area (Å²) in [5.41, 5.74) is 5.69. The van der Waals surface area contributed by atoms with Gasteiger partial charge in [-0.25, -0.2) is 4.85 Å². The number of ether oxygens (including phenoxy) is 1. The molecular weight excluding hydrogens is 422 g/mol. The van der Waals surface area contributed by atoms with Gasteiger partial charge in [0.15, 0.2) is 5.69 Å². The van der Waals surface area contributed by atoms with Crippen LogP contribution in [0, 0.1) is 6.57 Å². The molecule has 2 aliphatic rings. The average molecular weight is 454 g/mol. The molecule has 6 heteroatoms. The molecule has 2 fully saturated rings. The Morgan fingerprint density at radius 2 is 1.74 bits per heavy atom. The fraction of sp³-hybridized carbons (Fsp3) is 0.393. The van der Waals surface area contributed by atoms with Gasteiger partial charge in [-0.05, 0) is 60.7 Å². The Balaban J connectivity index is 1.10. The molecule has 1 saturated heterocycles. The van der Waals surface area contributed by atoms with E-state index in [1.54, 1.807) is 7.11 Å². The largest absolute Gasteiger partial charge is 0.497 e. The van der Waals surface area contributed by atoms with Crippen LogP contribution in [0.15, 0.2) is 48.8 Å². The van der Waals surface area contributed by atoms with Crippen LogP contribution in [0.2, 0.25) is 0 Å². The molecule has 2 N–H and O–H groups in total. The van der Waals surface area contributed by atoms with E-state index in [0.717, 1.165) is 48.6 Å². The van der Waals surface area contributed by atoms with Gasteiger partial charge in [-0.2, -0.15) is 0 Å². The van der Waals surface area contributed by atoms with Crippen LogP contribution in [0.1, 0.15) is 37.2 Å². The van der Waals surface area contributed by atoms with Crippen LogP contribution < -0.4 is 9.64 Å². The van der Waals surface area contributed by atoms with E-state index in [2.05, 4.69) is 55.1 Å². The zero-order valence-corrected chi connectivity index (χ0v) is 19.7. The molecule has 1 aliphatic carbocycles. The molecule has 0 unspecified atom stereocenters. The van der Waals surface area contributed by atoms with E-state index in [-0.39, 0.29) is 0 Å². The summed E-state index contributed by atoms with van der Waals surface area (Å²) in [7, 11) is 1.74. The second kappa shape index (κ2) is 8.73. The lowest BCUT2D eigenvalue weighted by molar-refractivity contribution is 0.141. The van der Waals surface area contributed by atoms with Gasteiger partial charge in [0.05, 0.1) is 19.2 Å². The summed E-state index contributed by atoms with van der Waals surface area (Å²) in [6, 6.07) is 13.1. The van der Waals surface area contributed by atoms with Crippen LogP contribution in [-0.4, -0.2) is 54.2 Å². The maximum absolute atomic E-state index is 7.35. The van der Waals surface area contributed by atoms with Crippen molar-refractivity contribution in [3.63, 3.8) is 0 Å². The Bertz CT molecular complexity index is 1350. The molecule has 0 amide bonds. The molecule has 0 atom stereocenters. The van der Waals surface area contributed by atoms with Gasteiger partial charge in [0, 0.05) is 73.3 Å². The Morgan fingerprint density at radius 3 is 2.50 bits per heavy atom. The number of hydrogen-bond donors (Lipinski definition) is 2. The van der Waals surface area contributed by atoms with E-state index in [0.29, 0.717) is 12.0 Å². The lowest BCUT2D eigenvalue weighted by Gasteiger charge is -2.43. The Kier molecular flexibility index (Phi) is 5.43. The van der Waals surface area contributed by atoms with Crippen molar-refractivity contribution in [3.8, 4) is 5.75 Å². The summed E-state index contributed by atoms with van der Waals surface area (Å²) in [6.45, 7) is 11.7. The van der Waals surface area contributed by atoms with Crippen molar-refractivity contribution in [1.82, 2.24) is 14.9 Å². The molecule has 3 heterocycles. The van der Waals surface area contributed by atoms with Crippen LogP contribution >= 0.6 is 0 Å². The van der Waals surface area contributed by atoms with E-state index in [4.69, 9.17) is 11.3 Å². The number of methoxy groups -OCH3 is 1.